The van der Waals surface area contributed by atoms with E-state index in [0.717, 1.165) is 12.0 Å². The lowest BCUT2D eigenvalue weighted by Crippen LogP contribution is -1.50. The van der Waals surface area contributed by atoms with Crippen LogP contribution in [0.4, 0.5) is 0 Å². The molecule has 0 radical (unpaired) electrons. The molecule has 58 valence electrons. The Labute approximate surface area is 65.0 Å². The van der Waals surface area contributed by atoms with E-state index in [-0.39, 0.29) is 0 Å². The third-order valence-electron chi connectivity index (χ3n) is 0.820. The molecule has 0 nitrogen and oxygen atoms in total. The van der Waals surface area contributed by atoms with Gasteiger partial charge in [-0.3, -0.25) is 0 Å². The summed E-state index contributed by atoms with van der Waals surface area (Å²) in [6.45, 7) is 13.1. The normalized spacial score (nSPS) is 8.30. The molecular weight excluding hydrogens is 120 g/mol. The molecular formula is C10H18. The van der Waals surface area contributed by atoms with Crippen LogP contribution < -0.4 is 0 Å². The van der Waals surface area contributed by atoms with E-state index in [1.807, 2.05) is 13.8 Å². The molecule has 10 heavy (non-hydrogen) atoms. The monoisotopic (exact) mass is 138 g/mol. The maximum atomic E-state index is 3.56. The summed E-state index contributed by atoms with van der Waals surface area (Å²) in [7, 11) is 0. The Balaban J connectivity index is 0. The van der Waals surface area contributed by atoms with Crippen LogP contribution in [0.5, 0.6) is 0 Å². The van der Waals surface area contributed by atoms with Crippen LogP contribution in [-0.4, -0.2) is 0 Å². The second kappa shape index (κ2) is 11.1. The minimum Gasteiger partial charge on any atom is -0.0988 e. The van der Waals surface area contributed by atoms with Gasteiger partial charge in [-0.05, 0) is 20.3 Å². The highest BCUT2D eigenvalue weighted by Crippen LogP contribution is 1.81. The molecule has 0 aromatic heterocycles. The average molecular weight is 138 g/mol. The molecule has 0 bridgehead atoms. The van der Waals surface area contributed by atoms with Crippen LogP contribution in [0.15, 0.2) is 37.0 Å². The molecule has 0 atom stereocenters. The molecule has 0 saturated heterocycles. The Morgan fingerprint density at radius 2 is 1.90 bits per heavy atom. The van der Waals surface area contributed by atoms with E-state index in [4.69, 9.17) is 0 Å². The highest BCUT2D eigenvalue weighted by atomic mass is 13.7. The lowest BCUT2D eigenvalue weighted by molar-refractivity contribution is 1.22. The minimum absolute atomic E-state index is 1.02. The third-order valence-corrected chi connectivity index (χ3v) is 0.820. The Morgan fingerprint density at radius 1 is 1.50 bits per heavy atom. The fourth-order valence-electron chi connectivity index (χ4n) is 0.236. The van der Waals surface area contributed by atoms with Crippen molar-refractivity contribution >= 4 is 0 Å². The quantitative estimate of drug-likeness (QED) is 0.403. The van der Waals surface area contributed by atoms with Crippen molar-refractivity contribution in [2.45, 2.75) is 27.2 Å². The topological polar surface area (TPSA) is 0 Å². The molecule has 0 spiro atoms. The van der Waals surface area contributed by atoms with Gasteiger partial charge in [0.15, 0.2) is 0 Å². The van der Waals surface area contributed by atoms with Crippen LogP contribution >= 0.6 is 0 Å². The number of rotatable bonds is 2. The Kier molecular flexibility index (Phi) is 13.2. The molecule has 0 heterocycles. The molecule has 0 aromatic carbocycles. The van der Waals surface area contributed by atoms with Crippen LogP contribution in [0.3, 0.4) is 0 Å². The summed E-state index contributed by atoms with van der Waals surface area (Å²) in [5, 5.41) is 0. The van der Waals surface area contributed by atoms with Crippen molar-refractivity contribution in [1.29, 1.82) is 0 Å². The first-order chi connectivity index (χ1) is 4.68. The zero-order chi connectivity index (χ0) is 8.41. The van der Waals surface area contributed by atoms with Crippen molar-refractivity contribution in [2.75, 3.05) is 0 Å². The van der Waals surface area contributed by atoms with Gasteiger partial charge in [0.1, 0.15) is 0 Å². The van der Waals surface area contributed by atoms with E-state index in [2.05, 4.69) is 32.2 Å². The van der Waals surface area contributed by atoms with Crippen LogP contribution in [-0.2, 0) is 0 Å². The highest BCUT2D eigenvalue weighted by molar-refractivity contribution is 5.05. The van der Waals surface area contributed by atoms with E-state index in [1.165, 1.54) is 0 Å². The van der Waals surface area contributed by atoms with Crippen LogP contribution in [0, 0.1) is 0 Å². The maximum Gasteiger partial charge on any atom is -0.0379 e. The largest absolute Gasteiger partial charge is 0.0988 e. The smallest absolute Gasteiger partial charge is 0.0379 e. The van der Waals surface area contributed by atoms with E-state index in [1.54, 1.807) is 6.08 Å². The second-order valence-corrected chi connectivity index (χ2v) is 2.03. The summed E-state index contributed by atoms with van der Waals surface area (Å²) < 4.78 is 0. The Morgan fingerprint density at radius 3 is 1.90 bits per heavy atom. The van der Waals surface area contributed by atoms with Gasteiger partial charge in [0.2, 0.25) is 0 Å². The number of allylic oxidation sites excluding steroid dienone is 4. The van der Waals surface area contributed by atoms with E-state index in [9.17, 15) is 0 Å². The molecule has 0 aliphatic heterocycles. The molecule has 0 unspecified atom stereocenters. The molecule has 0 N–H and O–H groups in total. The zero-order valence-corrected chi connectivity index (χ0v) is 7.35. The molecule has 0 rings (SSSR count). The van der Waals surface area contributed by atoms with Gasteiger partial charge in [0.25, 0.3) is 0 Å². The predicted molar refractivity (Wildman–Crippen MR) is 50.1 cm³/mol. The summed E-state index contributed by atoms with van der Waals surface area (Å²) in [5.74, 6) is 0. The van der Waals surface area contributed by atoms with Crippen molar-refractivity contribution in [2.24, 2.45) is 0 Å². The van der Waals surface area contributed by atoms with Gasteiger partial charge < -0.3 is 0 Å². The molecule has 0 saturated carbocycles. The summed E-state index contributed by atoms with van der Waals surface area (Å²) in [4.78, 5) is 0. The summed E-state index contributed by atoms with van der Waals surface area (Å²) >= 11 is 0. The van der Waals surface area contributed by atoms with Crippen molar-refractivity contribution < 1.29 is 0 Å². The lowest BCUT2D eigenvalue weighted by Gasteiger charge is -1.71. The summed E-state index contributed by atoms with van der Waals surface area (Å²) in [6.07, 6.45) is 7.07. The van der Waals surface area contributed by atoms with E-state index in [0.29, 0.717) is 0 Å². The molecule has 0 fully saturated rings. The molecule has 0 aliphatic carbocycles. The fraction of sp³-hybridized carbons (Fsp3) is 0.400. The van der Waals surface area contributed by atoms with Gasteiger partial charge in [-0.2, -0.15) is 0 Å². The van der Waals surface area contributed by atoms with Gasteiger partial charge in [-0.15, -0.1) is 0 Å². The average Bonchev–Trinajstić information content (AvgIpc) is 1.91. The van der Waals surface area contributed by atoms with Crippen molar-refractivity contribution in [3.63, 3.8) is 0 Å². The molecule has 0 aliphatic rings. The lowest BCUT2D eigenvalue weighted by atomic mass is 10.4. The number of hydrogen-bond acceptors (Lipinski definition) is 0. The molecule has 0 amide bonds. The van der Waals surface area contributed by atoms with Gasteiger partial charge >= 0.3 is 0 Å². The predicted octanol–water partition coefficient (Wildman–Crippen LogP) is 3.72. The molecule has 0 heteroatoms. The summed E-state index contributed by atoms with van der Waals surface area (Å²) in [5.41, 5.74) is 1.02. The van der Waals surface area contributed by atoms with Crippen LogP contribution in [0.1, 0.15) is 27.2 Å². The standard InChI is InChI=1S/C5H8.C5H10/c1-4-5(2)3;1-3-5-4-2/h4H,1-2H2,3H3;3,5H,4H2,1-2H3/b;5-3+. The van der Waals surface area contributed by atoms with Gasteiger partial charge in [0, 0.05) is 0 Å². The Hall–Kier alpha value is -0.780. The van der Waals surface area contributed by atoms with Crippen LogP contribution in [0.25, 0.3) is 0 Å². The maximum absolute atomic E-state index is 3.56. The Bertz CT molecular complexity index is 107. The first-order valence-corrected chi connectivity index (χ1v) is 3.58. The number of hydrogen-bond donors (Lipinski definition) is 0. The van der Waals surface area contributed by atoms with E-state index < -0.39 is 0 Å². The van der Waals surface area contributed by atoms with Gasteiger partial charge in [0.05, 0.1) is 0 Å². The highest BCUT2D eigenvalue weighted by Gasteiger charge is 1.59. The third kappa shape index (κ3) is 26.9. The summed E-state index contributed by atoms with van der Waals surface area (Å²) in [6, 6.07) is 0. The molecule has 0 aromatic rings. The zero-order valence-electron chi connectivity index (χ0n) is 7.35. The second-order valence-electron chi connectivity index (χ2n) is 2.03. The SMILES string of the molecule is C/C=C/CC.C=CC(=C)C. The first kappa shape index (κ1) is 12.0. The first-order valence-electron chi connectivity index (χ1n) is 3.58. The minimum atomic E-state index is 1.02. The van der Waals surface area contributed by atoms with Crippen molar-refractivity contribution in [1.82, 2.24) is 0 Å². The van der Waals surface area contributed by atoms with Gasteiger partial charge in [-0.1, -0.05) is 43.9 Å². The van der Waals surface area contributed by atoms with Crippen molar-refractivity contribution in [3.8, 4) is 0 Å². The van der Waals surface area contributed by atoms with Gasteiger partial charge in [-0.25, -0.2) is 0 Å². The van der Waals surface area contributed by atoms with Crippen molar-refractivity contribution in [3.05, 3.63) is 37.0 Å². The fourth-order valence-corrected chi connectivity index (χ4v) is 0.236. The van der Waals surface area contributed by atoms with E-state index >= 15 is 0 Å². The van der Waals surface area contributed by atoms with Crippen LogP contribution in [0.2, 0.25) is 0 Å².